The predicted octanol–water partition coefficient (Wildman–Crippen LogP) is 3.36. The molecule has 1 unspecified atom stereocenters. The number of nitrogens with one attached hydrogen (secondary N) is 2. The van der Waals surface area contributed by atoms with Crippen LogP contribution < -0.4 is 10.6 Å². The summed E-state index contributed by atoms with van der Waals surface area (Å²) in [4.78, 5) is 25.4. The molecule has 1 fully saturated rings. The molecule has 0 bridgehead atoms. The Kier molecular flexibility index (Phi) is 5.54. The molecule has 2 aromatic carbocycles. The highest BCUT2D eigenvalue weighted by Crippen LogP contribution is 2.18. The molecule has 2 amide bonds. The number of anilines is 2. The molecule has 1 saturated heterocycles. The van der Waals surface area contributed by atoms with Crippen LogP contribution in [0.5, 0.6) is 0 Å². The molecular weight excluding hydrogens is 356 g/mol. The molecule has 8 heteroatoms. The van der Waals surface area contributed by atoms with Crippen molar-refractivity contribution < 1.29 is 23.1 Å². The molecule has 1 aliphatic rings. The Bertz CT molecular complexity index is 860. The molecule has 0 aliphatic carbocycles. The van der Waals surface area contributed by atoms with Gasteiger partial charge < -0.3 is 20.3 Å². The average molecular weight is 375 g/mol. The summed E-state index contributed by atoms with van der Waals surface area (Å²) in [6.07, 6.45) is -0.349. The van der Waals surface area contributed by atoms with Gasteiger partial charge in [0.05, 0.1) is 12.2 Å². The zero-order chi connectivity index (χ0) is 19.4. The van der Waals surface area contributed by atoms with E-state index in [4.69, 9.17) is 4.74 Å². The molecule has 3 rings (SSSR count). The van der Waals surface area contributed by atoms with E-state index < -0.39 is 23.6 Å². The number of nitrogens with zero attached hydrogens (tertiary/aromatic N) is 1. The summed E-state index contributed by atoms with van der Waals surface area (Å²) >= 11 is 0. The number of cyclic esters (lactones) is 1. The van der Waals surface area contributed by atoms with E-state index in [2.05, 4.69) is 10.6 Å². The van der Waals surface area contributed by atoms with Crippen LogP contribution in [0.3, 0.4) is 0 Å². The molecule has 1 aliphatic heterocycles. The first-order chi connectivity index (χ1) is 12.9. The smallest absolute Gasteiger partial charge is 0.410 e. The fourth-order valence-electron chi connectivity index (χ4n) is 2.70. The van der Waals surface area contributed by atoms with Crippen LogP contribution >= 0.6 is 0 Å². The van der Waals surface area contributed by atoms with Gasteiger partial charge in [-0.15, -0.1) is 0 Å². The van der Waals surface area contributed by atoms with Gasteiger partial charge >= 0.3 is 6.09 Å². The van der Waals surface area contributed by atoms with Gasteiger partial charge in [0, 0.05) is 18.3 Å². The third kappa shape index (κ3) is 4.72. The maximum absolute atomic E-state index is 13.7. The van der Waals surface area contributed by atoms with Crippen molar-refractivity contribution in [1.82, 2.24) is 4.90 Å². The third-order valence-electron chi connectivity index (χ3n) is 4.11. The highest BCUT2D eigenvalue weighted by molar-refractivity contribution is 5.96. The fourth-order valence-corrected chi connectivity index (χ4v) is 2.70. The van der Waals surface area contributed by atoms with Crippen molar-refractivity contribution in [2.45, 2.75) is 19.5 Å². The summed E-state index contributed by atoms with van der Waals surface area (Å²) in [7, 11) is 0. The number of ether oxygens (including phenoxy) is 1. The average Bonchev–Trinajstić information content (AvgIpc) is 3.03. The van der Waals surface area contributed by atoms with E-state index in [1.165, 1.54) is 0 Å². The minimum atomic E-state index is -0.712. The largest absolute Gasteiger partial charge is 0.448 e. The summed E-state index contributed by atoms with van der Waals surface area (Å²) < 4.78 is 31.8. The lowest BCUT2D eigenvalue weighted by molar-refractivity contribution is -0.116. The second-order valence-corrected chi connectivity index (χ2v) is 6.22. The van der Waals surface area contributed by atoms with Crippen LogP contribution in [0.1, 0.15) is 12.5 Å². The van der Waals surface area contributed by atoms with Crippen molar-refractivity contribution in [3.63, 3.8) is 0 Å². The molecule has 27 heavy (non-hydrogen) atoms. The van der Waals surface area contributed by atoms with Crippen molar-refractivity contribution in [3.8, 4) is 0 Å². The second kappa shape index (κ2) is 8.03. The first-order valence-electron chi connectivity index (χ1n) is 8.45. The number of benzene rings is 2. The summed E-state index contributed by atoms with van der Waals surface area (Å²) in [5.41, 5.74) is 1.33. The number of halogens is 2. The van der Waals surface area contributed by atoms with Crippen LogP contribution in [0.2, 0.25) is 0 Å². The highest BCUT2D eigenvalue weighted by Gasteiger charge is 2.22. The number of carbonyl (C=O) groups is 2. The van der Waals surface area contributed by atoms with Crippen molar-refractivity contribution in [2.75, 3.05) is 23.8 Å². The second-order valence-electron chi connectivity index (χ2n) is 6.22. The normalized spacial score (nSPS) is 14.6. The van der Waals surface area contributed by atoms with Gasteiger partial charge in [-0.2, -0.15) is 0 Å². The first kappa shape index (κ1) is 18.6. The number of rotatable bonds is 6. The summed E-state index contributed by atoms with van der Waals surface area (Å²) in [5.74, 6) is -1.86. The van der Waals surface area contributed by atoms with Crippen LogP contribution in [0.15, 0.2) is 42.5 Å². The molecule has 6 nitrogen and oxygen atoms in total. The van der Waals surface area contributed by atoms with E-state index in [1.54, 1.807) is 24.0 Å². The molecule has 2 aromatic rings. The molecule has 1 atom stereocenters. The van der Waals surface area contributed by atoms with E-state index in [1.807, 2.05) is 12.1 Å². The van der Waals surface area contributed by atoms with Crippen LogP contribution in [0.25, 0.3) is 0 Å². The minimum Gasteiger partial charge on any atom is -0.448 e. The molecule has 0 radical (unpaired) electrons. The van der Waals surface area contributed by atoms with Crippen molar-refractivity contribution >= 4 is 23.4 Å². The molecule has 142 valence electrons. The monoisotopic (exact) mass is 375 g/mol. The van der Waals surface area contributed by atoms with Crippen LogP contribution in [-0.2, 0) is 16.1 Å². The number of hydrogen-bond donors (Lipinski definition) is 2. The lowest BCUT2D eigenvalue weighted by atomic mass is 10.1. The summed E-state index contributed by atoms with van der Waals surface area (Å²) in [6, 6.07) is 9.43. The number of carbonyl (C=O) groups excluding carboxylic acids is 2. The van der Waals surface area contributed by atoms with Crippen LogP contribution in [0, 0.1) is 11.6 Å². The van der Waals surface area contributed by atoms with Gasteiger partial charge in [-0.1, -0.05) is 12.1 Å². The van der Waals surface area contributed by atoms with Gasteiger partial charge in [-0.25, -0.2) is 13.6 Å². The maximum Gasteiger partial charge on any atom is 0.410 e. The Morgan fingerprint density at radius 2 is 2.07 bits per heavy atom. The van der Waals surface area contributed by atoms with Crippen molar-refractivity contribution in [1.29, 1.82) is 0 Å². The van der Waals surface area contributed by atoms with Crippen molar-refractivity contribution in [2.24, 2.45) is 0 Å². The number of amides is 2. The zero-order valence-corrected chi connectivity index (χ0v) is 14.7. The van der Waals surface area contributed by atoms with Crippen LogP contribution in [0.4, 0.5) is 25.0 Å². The van der Waals surface area contributed by atoms with E-state index in [0.717, 1.165) is 23.8 Å². The summed E-state index contributed by atoms with van der Waals surface area (Å²) in [6.45, 7) is 2.93. The SMILES string of the molecule is CC(Nc1cccc(CN2CCOC2=O)c1)C(=O)Nc1cc(F)ccc1F. The van der Waals surface area contributed by atoms with Crippen LogP contribution in [-0.4, -0.2) is 36.1 Å². The number of hydrogen-bond acceptors (Lipinski definition) is 4. The Hall–Kier alpha value is -3.16. The predicted molar refractivity (Wildman–Crippen MR) is 96.3 cm³/mol. The van der Waals surface area contributed by atoms with E-state index in [0.29, 0.717) is 25.4 Å². The molecule has 0 saturated carbocycles. The molecule has 0 aromatic heterocycles. The Morgan fingerprint density at radius 3 is 2.81 bits per heavy atom. The highest BCUT2D eigenvalue weighted by atomic mass is 19.1. The Balaban J connectivity index is 1.62. The maximum atomic E-state index is 13.7. The van der Waals surface area contributed by atoms with Gasteiger partial charge in [-0.3, -0.25) is 4.79 Å². The third-order valence-corrected chi connectivity index (χ3v) is 4.11. The quantitative estimate of drug-likeness (QED) is 0.812. The lowest BCUT2D eigenvalue weighted by Gasteiger charge is -2.17. The van der Waals surface area contributed by atoms with E-state index in [-0.39, 0.29) is 11.8 Å². The van der Waals surface area contributed by atoms with Crippen molar-refractivity contribution in [3.05, 3.63) is 59.7 Å². The van der Waals surface area contributed by atoms with E-state index >= 15 is 0 Å². The topological polar surface area (TPSA) is 70.7 Å². The fraction of sp³-hybridized carbons (Fsp3) is 0.263. The van der Waals surface area contributed by atoms with Gasteiger partial charge in [0.15, 0.2) is 0 Å². The zero-order valence-electron chi connectivity index (χ0n) is 14.7. The van der Waals surface area contributed by atoms with E-state index in [9.17, 15) is 18.4 Å². The lowest BCUT2D eigenvalue weighted by Crippen LogP contribution is -2.32. The Labute approximate surface area is 155 Å². The van der Waals surface area contributed by atoms with Gasteiger partial charge in [0.1, 0.15) is 24.3 Å². The van der Waals surface area contributed by atoms with Gasteiger partial charge in [0.25, 0.3) is 0 Å². The minimum absolute atomic E-state index is 0.213. The molecular formula is C19H19F2N3O3. The van der Waals surface area contributed by atoms with Gasteiger partial charge in [-0.05, 0) is 36.8 Å². The Morgan fingerprint density at radius 1 is 1.26 bits per heavy atom. The summed E-state index contributed by atoms with van der Waals surface area (Å²) in [5, 5.41) is 5.37. The molecule has 1 heterocycles. The first-order valence-corrected chi connectivity index (χ1v) is 8.45. The molecule has 0 spiro atoms. The molecule has 2 N–H and O–H groups in total. The standard InChI is InChI=1S/C19H19F2N3O3/c1-12(18(25)23-17-10-14(20)5-6-16(17)21)22-15-4-2-3-13(9-15)11-24-7-8-27-19(24)26/h2-6,9-10,12,22H,7-8,11H2,1H3,(H,23,25). The van der Waals surface area contributed by atoms with Gasteiger partial charge in [0.2, 0.25) is 5.91 Å².